The molecule has 0 atom stereocenters. The number of piperazine rings is 1. The Morgan fingerprint density at radius 3 is 2.48 bits per heavy atom. The summed E-state index contributed by atoms with van der Waals surface area (Å²) in [5.74, 6) is 1.23. The van der Waals surface area contributed by atoms with E-state index < -0.39 is 0 Å². The normalized spacial score (nSPS) is 14.0. The summed E-state index contributed by atoms with van der Waals surface area (Å²) in [7, 11) is 0. The molecule has 3 rings (SSSR count). The lowest BCUT2D eigenvalue weighted by molar-refractivity contribution is -0.129. The lowest BCUT2D eigenvalue weighted by Crippen LogP contribution is -2.51. The minimum atomic E-state index is -0.333. The number of rotatable bonds is 7. The first-order valence-corrected chi connectivity index (χ1v) is 10.4. The third-order valence-corrected chi connectivity index (χ3v) is 5.11. The predicted molar refractivity (Wildman–Crippen MR) is 106 cm³/mol. The third kappa shape index (κ3) is 6.11. The highest BCUT2D eigenvalue weighted by atomic mass is 32.2. The van der Waals surface area contributed by atoms with Crippen LogP contribution in [0.2, 0.25) is 0 Å². The second kappa shape index (κ2) is 10.1. The van der Waals surface area contributed by atoms with Gasteiger partial charge >= 0.3 is 6.09 Å². The molecule has 29 heavy (non-hydrogen) atoms. The molecule has 0 unspecified atom stereocenters. The Bertz CT molecular complexity index is 818. The quantitative estimate of drug-likeness (QED) is 0.630. The first-order chi connectivity index (χ1) is 14.0. The lowest BCUT2D eigenvalue weighted by atomic mass is 10.2. The van der Waals surface area contributed by atoms with Crippen LogP contribution in [0.5, 0.6) is 5.75 Å². The van der Waals surface area contributed by atoms with Crippen molar-refractivity contribution in [1.82, 2.24) is 20.0 Å². The van der Waals surface area contributed by atoms with Gasteiger partial charge in [-0.3, -0.25) is 4.79 Å². The van der Waals surface area contributed by atoms with Gasteiger partial charge in [-0.05, 0) is 26.0 Å². The molecular formula is C19H24N4O5S. The molecule has 0 saturated carbocycles. The lowest BCUT2D eigenvalue weighted by Gasteiger charge is -2.33. The van der Waals surface area contributed by atoms with Crippen LogP contribution in [-0.2, 0) is 16.1 Å². The van der Waals surface area contributed by atoms with Crippen molar-refractivity contribution in [3.05, 3.63) is 35.7 Å². The van der Waals surface area contributed by atoms with E-state index in [1.54, 1.807) is 16.7 Å². The van der Waals surface area contributed by atoms with Gasteiger partial charge in [-0.15, -0.1) is 10.2 Å². The summed E-state index contributed by atoms with van der Waals surface area (Å²) in [6, 6.07) is 7.68. The second-order valence-electron chi connectivity index (χ2n) is 6.42. The van der Waals surface area contributed by atoms with Gasteiger partial charge in [-0.25, -0.2) is 4.79 Å². The predicted octanol–water partition coefficient (Wildman–Crippen LogP) is 2.35. The molecule has 1 fully saturated rings. The van der Waals surface area contributed by atoms with Gasteiger partial charge in [0.2, 0.25) is 5.91 Å². The van der Waals surface area contributed by atoms with Crippen LogP contribution in [0.4, 0.5) is 4.79 Å². The van der Waals surface area contributed by atoms with Crippen LogP contribution in [0, 0.1) is 6.92 Å². The second-order valence-corrected chi connectivity index (χ2v) is 7.35. The maximum atomic E-state index is 12.4. The van der Waals surface area contributed by atoms with Gasteiger partial charge in [0, 0.05) is 26.2 Å². The van der Waals surface area contributed by atoms with Crippen LogP contribution in [0.25, 0.3) is 0 Å². The number of hydrogen-bond acceptors (Lipinski definition) is 8. The van der Waals surface area contributed by atoms with E-state index >= 15 is 0 Å². The molecule has 9 nitrogen and oxygen atoms in total. The van der Waals surface area contributed by atoms with Gasteiger partial charge in [0.15, 0.2) is 6.61 Å². The van der Waals surface area contributed by atoms with Gasteiger partial charge in [0.05, 0.1) is 12.4 Å². The largest absolute Gasteiger partial charge is 0.484 e. The Hall–Kier alpha value is -2.75. The summed E-state index contributed by atoms with van der Waals surface area (Å²) in [4.78, 5) is 27.4. The topological polar surface area (TPSA) is 98.0 Å². The van der Waals surface area contributed by atoms with Crippen molar-refractivity contribution in [3.63, 3.8) is 0 Å². The van der Waals surface area contributed by atoms with Crippen molar-refractivity contribution >= 4 is 23.8 Å². The standard InChI is InChI=1S/C19H24N4O5S/c1-3-26-19(25)23-10-8-22(9-11-23)17(24)13-29-18-21-20-16(28-18)12-27-15-6-4-14(2)5-7-15/h4-7H,3,8-13H2,1-2H3. The molecule has 0 aliphatic carbocycles. The molecule has 2 amide bonds. The zero-order valence-corrected chi connectivity index (χ0v) is 17.3. The van der Waals surface area contributed by atoms with Gasteiger partial charge in [0.25, 0.3) is 11.1 Å². The van der Waals surface area contributed by atoms with Gasteiger partial charge in [-0.2, -0.15) is 0 Å². The number of nitrogens with zero attached hydrogens (tertiary/aromatic N) is 4. The summed E-state index contributed by atoms with van der Waals surface area (Å²) in [5.41, 5.74) is 1.15. The van der Waals surface area contributed by atoms with Crippen molar-refractivity contribution in [2.24, 2.45) is 0 Å². The van der Waals surface area contributed by atoms with E-state index in [1.807, 2.05) is 31.2 Å². The zero-order valence-electron chi connectivity index (χ0n) is 16.5. The average Bonchev–Trinajstić information content (AvgIpc) is 3.20. The molecule has 2 heterocycles. The van der Waals surface area contributed by atoms with Crippen molar-refractivity contribution in [1.29, 1.82) is 0 Å². The smallest absolute Gasteiger partial charge is 0.409 e. The number of carbonyl (C=O) groups excluding carboxylic acids is 2. The molecule has 1 aliphatic rings. The fourth-order valence-electron chi connectivity index (χ4n) is 2.70. The van der Waals surface area contributed by atoms with Crippen LogP contribution in [-0.4, -0.2) is 70.5 Å². The number of amides is 2. The summed E-state index contributed by atoms with van der Waals surface area (Å²) in [5, 5.41) is 8.21. The maximum absolute atomic E-state index is 12.4. The molecule has 0 radical (unpaired) electrons. The summed E-state index contributed by atoms with van der Waals surface area (Å²) >= 11 is 1.19. The average molecular weight is 420 g/mol. The minimum absolute atomic E-state index is 0.0332. The van der Waals surface area contributed by atoms with Crippen molar-refractivity contribution in [2.75, 3.05) is 38.5 Å². The fourth-order valence-corrected chi connectivity index (χ4v) is 3.39. The Labute approximate surface area is 173 Å². The van der Waals surface area contributed by atoms with Crippen LogP contribution in [0.3, 0.4) is 0 Å². The summed E-state index contributed by atoms with van der Waals surface area (Å²) in [6.45, 7) is 6.19. The number of ether oxygens (including phenoxy) is 2. The van der Waals surface area contributed by atoms with E-state index in [1.165, 1.54) is 11.8 Å². The van der Waals surface area contributed by atoms with E-state index in [0.29, 0.717) is 43.9 Å². The molecule has 1 aromatic heterocycles. The molecule has 156 valence electrons. The molecule has 0 bridgehead atoms. The molecule has 2 aromatic rings. The first-order valence-electron chi connectivity index (χ1n) is 9.39. The number of aromatic nitrogens is 2. The molecule has 1 saturated heterocycles. The number of hydrogen-bond donors (Lipinski definition) is 0. The number of benzene rings is 1. The molecule has 0 N–H and O–H groups in total. The zero-order chi connectivity index (χ0) is 20.6. The Morgan fingerprint density at radius 2 is 1.79 bits per heavy atom. The number of thioether (sulfide) groups is 1. The molecule has 1 aliphatic heterocycles. The number of aryl methyl sites for hydroxylation is 1. The highest BCUT2D eigenvalue weighted by Gasteiger charge is 2.25. The Balaban J connectivity index is 1.39. The number of carbonyl (C=O) groups is 2. The fraction of sp³-hybridized carbons (Fsp3) is 0.474. The Morgan fingerprint density at radius 1 is 1.10 bits per heavy atom. The van der Waals surface area contributed by atoms with E-state index in [9.17, 15) is 9.59 Å². The monoisotopic (exact) mass is 420 g/mol. The molecule has 0 spiro atoms. The highest BCUT2D eigenvalue weighted by molar-refractivity contribution is 7.99. The van der Waals surface area contributed by atoms with Crippen molar-refractivity contribution < 1.29 is 23.5 Å². The summed E-state index contributed by atoms with van der Waals surface area (Å²) in [6.07, 6.45) is -0.333. The van der Waals surface area contributed by atoms with Crippen molar-refractivity contribution in [2.45, 2.75) is 25.7 Å². The van der Waals surface area contributed by atoms with Gasteiger partial charge < -0.3 is 23.7 Å². The van der Waals surface area contributed by atoms with E-state index in [4.69, 9.17) is 13.9 Å². The van der Waals surface area contributed by atoms with Crippen LogP contribution in [0.1, 0.15) is 18.4 Å². The first kappa shape index (κ1) is 21.0. The SMILES string of the molecule is CCOC(=O)N1CCN(C(=O)CSc2nnc(COc3ccc(C)cc3)o2)CC1. The van der Waals surface area contributed by atoms with Crippen LogP contribution in [0.15, 0.2) is 33.9 Å². The highest BCUT2D eigenvalue weighted by Crippen LogP contribution is 2.19. The maximum Gasteiger partial charge on any atom is 0.409 e. The van der Waals surface area contributed by atoms with Crippen LogP contribution >= 0.6 is 11.8 Å². The molecule has 1 aromatic carbocycles. The molecular weight excluding hydrogens is 396 g/mol. The third-order valence-electron chi connectivity index (χ3n) is 4.31. The van der Waals surface area contributed by atoms with E-state index in [0.717, 1.165) is 11.3 Å². The molecule has 10 heteroatoms. The van der Waals surface area contributed by atoms with E-state index in [2.05, 4.69) is 10.2 Å². The van der Waals surface area contributed by atoms with E-state index in [-0.39, 0.29) is 24.4 Å². The van der Waals surface area contributed by atoms with Gasteiger partial charge in [-0.1, -0.05) is 29.5 Å². The minimum Gasteiger partial charge on any atom is -0.484 e. The summed E-state index contributed by atoms with van der Waals surface area (Å²) < 4.78 is 16.1. The van der Waals surface area contributed by atoms with Crippen LogP contribution < -0.4 is 4.74 Å². The van der Waals surface area contributed by atoms with Crippen molar-refractivity contribution in [3.8, 4) is 5.75 Å². The Kier molecular flexibility index (Phi) is 7.34. The van der Waals surface area contributed by atoms with Gasteiger partial charge in [0.1, 0.15) is 5.75 Å².